The van der Waals surface area contributed by atoms with E-state index in [0.29, 0.717) is 6.04 Å². The molecule has 2 N–H and O–H groups in total. The highest BCUT2D eigenvalue weighted by atomic mass is 16.5. The Morgan fingerprint density at radius 1 is 1.10 bits per heavy atom. The highest BCUT2D eigenvalue weighted by molar-refractivity contribution is 5.79. The molecule has 0 spiro atoms. The lowest BCUT2D eigenvalue weighted by Crippen LogP contribution is -2.17. The molecule has 3 heteroatoms. The van der Waals surface area contributed by atoms with Crippen molar-refractivity contribution in [3.05, 3.63) is 65.9 Å². The smallest absolute Gasteiger partial charge is 0.118 e. The molecule has 3 rings (SSSR count). The van der Waals surface area contributed by atoms with E-state index in [2.05, 4.69) is 53.6 Å². The Hall–Kier alpha value is -2.26. The zero-order valence-corrected chi connectivity index (χ0v) is 12.4. The van der Waals surface area contributed by atoms with Crippen LogP contribution >= 0.6 is 0 Å². The van der Waals surface area contributed by atoms with Crippen LogP contribution in [0.25, 0.3) is 10.9 Å². The van der Waals surface area contributed by atoms with Gasteiger partial charge in [0.15, 0.2) is 0 Å². The second-order valence-corrected chi connectivity index (χ2v) is 5.28. The van der Waals surface area contributed by atoms with E-state index in [1.807, 2.05) is 18.3 Å². The Morgan fingerprint density at radius 2 is 1.90 bits per heavy atom. The maximum Gasteiger partial charge on any atom is 0.118 e. The summed E-state index contributed by atoms with van der Waals surface area (Å²) in [4.78, 5) is 3.22. The van der Waals surface area contributed by atoms with Gasteiger partial charge in [-0.05, 0) is 53.8 Å². The first-order chi connectivity index (χ1) is 10.3. The maximum absolute atomic E-state index is 5.19. The number of fused-ring (bicyclic) bond motifs is 1. The van der Waals surface area contributed by atoms with Gasteiger partial charge in [0.25, 0.3) is 0 Å². The van der Waals surface area contributed by atoms with Gasteiger partial charge in [0, 0.05) is 24.3 Å². The summed E-state index contributed by atoms with van der Waals surface area (Å²) in [6.07, 6.45) is 1.97. The molecule has 1 unspecified atom stereocenters. The number of hydrogen-bond donors (Lipinski definition) is 2. The highest BCUT2D eigenvalue weighted by Crippen LogP contribution is 2.19. The van der Waals surface area contributed by atoms with E-state index < -0.39 is 0 Å². The van der Waals surface area contributed by atoms with Crippen LogP contribution in [-0.4, -0.2) is 12.1 Å². The summed E-state index contributed by atoms with van der Waals surface area (Å²) in [6.45, 7) is 3.03. The SMILES string of the molecule is COc1ccc(C(C)NCc2ccc3[nH]ccc3c2)cc1. The summed E-state index contributed by atoms with van der Waals surface area (Å²) in [7, 11) is 1.69. The molecule has 0 fully saturated rings. The van der Waals surface area contributed by atoms with Gasteiger partial charge in [0.2, 0.25) is 0 Å². The van der Waals surface area contributed by atoms with Gasteiger partial charge in [-0.3, -0.25) is 0 Å². The fourth-order valence-electron chi connectivity index (χ4n) is 2.49. The Bertz CT molecular complexity index is 715. The van der Waals surface area contributed by atoms with Crippen molar-refractivity contribution in [3.63, 3.8) is 0 Å². The van der Waals surface area contributed by atoms with Gasteiger partial charge in [-0.2, -0.15) is 0 Å². The van der Waals surface area contributed by atoms with Crippen LogP contribution < -0.4 is 10.1 Å². The van der Waals surface area contributed by atoms with Gasteiger partial charge in [0.05, 0.1) is 7.11 Å². The van der Waals surface area contributed by atoms with E-state index in [9.17, 15) is 0 Å². The zero-order chi connectivity index (χ0) is 14.7. The molecule has 3 nitrogen and oxygen atoms in total. The van der Waals surface area contributed by atoms with Crippen molar-refractivity contribution in [2.45, 2.75) is 19.5 Å². The van der Waals surface area contributed by atoms with Gasteiger partial charge in [-0.15, -0.1) is 0 Å². The van der Waals surface area contributed by atoms with Crippen LogP contribution in [0.5, 0.6) is 5.75 Å². The normalized spacial score (nSPS) is 12.5. The summed E-state index contributed by atoms with van der Waals surface area (Å²) in [6, 6.07) is 17.1. The molecule has 0 aliphatic carbocycles. The van der Waals surface area contributed by atoms with Crippen LogP contribution in [-0.2, 0) is 6.54 Å². The third-order valence-corrected chi connectivity index (χ3v) is 3.85. The number of benzene rings is 2. The lowest BCUT2D eigenvalue weighted by atomic mass is 10.1. The second-order valence-electron chi connectivity index (χ2n) is 5.28. The largest absolute Gasteiger partial charge is 0.497 e. The number of hydrogen-bond acceptors (Lipinski definition) is 2. The van der Waals surface area contributed by atoms with Gasteiger partial charge in [0.1, 0.15) is 5.75 Å². The highest BCUT2D eigenvalue weighted by Gasteiger charge is 2.05. The average molecular weight is 280 g/mol. The standard InChI is InChI=1S/C18H20N2O/c1-13(15-4-6-17(21-2)7-5-15)20-12-14-3-8-18-16(11-14)9-10-19-18/h3-11,13,19-20H,12H2,1-2H3. The van der Waals surface area contributed by atoms with Crippen molar-refractivity contribution in [3.8, 4) is 5.75 Å². The molecular weight excluding hydrogens is 260 g/mol. The zero-order valence-electron chi connectivity index (χ0n) is 12.4. The molecule has 0 saturated carbocycles. The fraction of sp³-hybridized carbons (Fsp3) is 0.222. The second kappa shape index (κ2) is 6.02. The van der Waals surface area contributed by atoms with Crippen LogP contribution in [0.4, 0.5) is 0 Å². The first-order valence-electron chi connectivity index (χ1n) is 7.19. The lowest BCUT2D eigenvalue weighted by molar-refractivity contribution is 0.414. The minimum atomic E-state index is 0.304. The molecular formula is C18H20N2O. The summed E-state index contributed by atoms with van der Waals surface area (Å²) >= 11 is 0. The van der Waals surface area contributed by atoms with E-state index in [1.165, 1.54) is 22.0 Å². The molecule has 1 heterocycles. The van der Waals surface area contributed by atoms with E-state index in [0.717, 1.165) is 12.3 Å². The number of rotatable bonds is 5. The van der Waals surface area contributed by atoms with Crippen molar-refractivity contribution in [1.82, 2.24) is 10.3 Å². The van der Waals surface area contributed by atoms with Crippen molar-refractivity contribution in [2.24, 2.45) is 0 Å². The number of H-pyrrole nitrogens is 1. The van der Waals surface area contributed by atoms with E-state index in [-0.39, 0.29) is 0 Å². The van der Waals surface area contributed by atoms with E-state index in [1.54, 1.807) is 7.11 Å². The maximum atomic E-state index is 5.19. The predicted molar refractivity (Wildman–Crippen MR) is 86.5 cm³/mol. The predicted octanol–water partition coefficient (Wildman–Crippen LogP) is 4.03. The van der Waals surface area contributed by atoms with Crippen LogP contribution in [0.3, 0.4) is 0 Å². The minimum Gasteiger partial charge on any atom is -0.497 e. The first kappa shape index (κ1) is 13.7. The molecule has 0 amide bonds. The number of methoxy groups -OCH3 is 1. The lowest BCUT2D eigenvalue weighted by Gasteiger charge is -2.15. The van der Waals surface area contributed by atoms with Gasteiger partial charge in [-0.25, -0.2) is 0 Å². The monoisotopic (exact) mass is 280 g/mol. The topological polar surface area (TPSA) is 37.0 Å². The fourth-order valence-corrected chi connectivity index (χ4v) is 2.49. The number of ether oxygens (including phenoxy) is 1. The van der Waals surface area contributed by atoms with Crippen molar-refractivity contribution in [2.75, 3.05) is 7.11 Å². The van der Waals surface area contributed by atoms with E-state index >= 15 is 0 Å². The number of aromatic nitrogens is 1. The minimum absolute atomic E-state index is 0.304. The molecule has 1 aromatic heterocycles. The van der Waals surface area contributed by atoms with Crippen LogP contribution in [0.2, 0.25) is 0 Å². The quantitative estimate of drug-likeness (QED) is 0.740. The third kappa shape index (κ3) is 3.09. The van der Waals surface area contributed by atoms with Crippen molar-refractivity contribution < 1.29 is 4.74 Å². The Kier molecular flexibility index (Phi) is 3.93. The van der Waals surface area contributed by atoms with Crippen LogP contribution in [0.1, 0.15) is 24.1 Å². The number of nitrogens with one attached hydrogen (secondary N) is 2. The molecule has 108 valence electrons. The Morgan fingerprint density at radius 3 is 2.67 bits per heavy atom. The third-order valence-electron chi connectivity index (χ3n) is 3.85. The summed E-state index contributed by atoms with van der Waals surface area (Å²) in [5.74, 6) is 0.892. The van der Waals surface area contributed by atoms with E-state index in [4.69, 9.17) is 4.74 Å². The molecule has 3 aromatic rings. The first-order valence-corrected chi connectivity index (χ1v) is 7.19. The van der Waals surface area contributed by atoms with Crippen LogP contribution in [0.15, 0.2) is 54.7 Å². The molecule has 0 aliphatic rings. The summed E-state index contributed by atoms with van der Waals surface area (Å²) in [5.41, 5.74) is 3.74. The molecule has 0 saturated heterocycles. The molecule has 0 aliphatic heterocycles. The Balaban J connectivity index is 1.65. The van der Waals surface area contributed by atoms with Crippen molar-refractivity contribution in [1.29, 1.82) is 0 Å². The van der Waals surface area contributed by atoms with Crippen LogP contribution in [0, 0.1) is 0 Å². The van der Waals surface area contributed by atoms with Gasteiger partial charge in [-0.1, -0.05) is 18.2 Å². The molecule has 21 heavy (non-hydrogen) atoms. The molecule has 0 radical (unpaired) electrons. The van der Waals surface area contributed by atoms with Gasteiger partial charge >= 0.3 is 0 Å². The summed E-state index contributed by atoms with van der Waals surface area (Å²) < 4.78 is 5.19. The summed E-state index contributed by atoms with van der Waals surface area (Å²) in [5, 5.41) is 4.81. The number of aromatic amines is 1. The van der Waals surface area contributed by atoms with Gasteiger partial charge < -0.3 is 15.0 Å². The molecule has 2 aromatic carbocycles. The van der Waals surface area contributed by atoms with Crippen molar-refractivity contribution >= 4 is 10.9 Å². The molecule has 0 bridgehead atoms. The molecule has 1 atom stereocenters. The average Bonchev–Trinajstić information content (AvgIpc) is 3.00. The Labute approximate surface area is 125 Å².